The third-order valence-electron chi connectivity index (χ3n) is 8.62. The van der Waals surface area contributed by atoms with Crippen LogP contribution in [0.1, 0.15) is 41.3 Å². The number of hydrogen-bond acceptors (Lipinski definition) is 9. The van der Waals surface area contributed by atoms with E-state index in [4.69, 9.17) is 11.1 Å². The monoisotopic (exact) mass is 514 g/mol. The Bertz CT molecular complexity index is 1320. The van der Waals surface area contributed by atoms with Gasteiger partial charge in [0.05, 0.1) is 17.3 Å². The van der Waals surface area contributed by atoms with Crippen LogP contribution in [0.4, 0.5) is 4.39 Å². The number of rotatable bonds is 4. The van der Waals surface area contributed by atoms with E-state index < -0.39 is 69.5 Å². The number of phenolic OH excluding ortho intramolecular Hbond substituents is 1. The van der Waals surface area contributed by atoms with Crippen molar-refractivity contribution in [1.82, 2.24) is 9.80 Å². The van der Waals surface area contributed by atoms with Crippen LogP contribution in [0.5, 0.6) is 5.75 Å². The molecule has 5 atom stereocenters. The van der Waals surface area contributed by atoms with E-state index in [9.17, 15) is 30.0 Å². The Morgan fingerprint density at radius 3 is 2.54 bits per heavy atom. The van der Waals surface area contributed by atoms with Gasteiger partial charge in [0.2, 0.25) is 0 Å². The quantitative estimate of drug-likeness (QED) is 0.349. The van der Waals surface area contributed by atoms with Gasteiger partial charge in [0.25, 0.3) is 5.91 Å². The van der Waals surface area contributed by atoms with Crippen molar-refractivity contribution in [2.45, 2.75) is 50.4 Å². The number of nitrogens with zero attached hydrogens (tertiary/aromatic N) is 2. The summed E-state index contributed by atoms with van der Waals surface area (Å²) in [6, 6.07) is 0.503. The maximum Gasteiger partial charge on any atom is 0.254 e. The number of aliphatic hydroxyl groups is 3. The predicted molar refractivity (Wildman–Crippen MR) is 131 cm³/mol. The molecule has 1 heterocycles. The van der Waals surface area contributed by atoms with Crippen molar-refractivity contribution in [2.75, 3.05) is 20.6 Å². The first-order valence-corrected chi connectivity index (χ1v) is 12.3. The van der Waals surface area contributed by atoms with Crippen LogP contribution >= 0.6 is 0 Å². The van der Waals surface area contributed by atoms with Crippen molar-refractivity contribution in [1.29, 1.82) is 5.41 Å². The van der Waals surface area contributed by atoms with Gasteiger partial charge in [-0.05, 0) is 52.3 Å². The van der Waals surface area contributed by atoms with Gasteiger partial charge in [-0.15, -0.1) is 0 Å². The number of ketones is 1. The molecule has 1 unspecified atom stereocenters. The summed E-state index contributed by atoms with van der Waals surface area (Å²) in [7, 11) is 3.18. The maximum atomic E-state index is 15.7. The van der Waals surface area contributed by atoms with E-state index in [0.29, 0.717) is 0 Å². The zero-order valence-electron chi connectivity index (χ0n) is 20.9. The minimum Gasteiger partial charge on any atom is -0.510 e. The number of nitrogens with two attached hydrogens (primary N) is 1. The molecule has 4 aliphatic rings. The molecule has 1 fully saturated rings. The van der Waals surface area contributed by atoms with Gasteiger partial charge >= 0.3 is 0 Å². The summed E-state index contributed by atoms with van der Waals surface area (Å²) in [5, 5.41) is 53.2. The number of halogens is 1. The lowest BCUT2D eigenvalue weighted by atomic mass is 9.58. The largest absolute Gasteiger partial charge is 0.510 e. The Hall–Kier alpha value is -3.28. The summed E-state index contributed by atoms with van der Waals surface area (Å²) in [5.41, 5.74) is 1.26. The third-order valence-corrected chi connectivity index (χ3v) is 8.62. The lowest BCUT2D eigenvalue weighted by molar-refractivity contribution is -0.114. The van der Waals surface area contributed by atoms with Gasteiger partial charge in [-0.3, -0.25) is 19.4 Å². The molecule has 11 heteroatoms. The average molecular weight is 515 g/mol. The topological polar surface area (TPSA) is 171 Å². The molecule has 0 saturated carbocycles. The zero-order valence-corrected chi connectivity index (χ0v) is 20.9. The number of amides is 1. The number of aromatic hydroxyl groups is 1. The third kappa shape index (κ3) is 3.37. The Labute approximate surface area is 213 Å². The highest BCUT2D eigenvalue weighted by molar-refractivity contribution is 6.26. The van der Waals surface area contributed by atoms with Crippen LogP contribution in [0, 0.1) is 23.1 Å². The Morgan fingerprint density at radius 2 is 2.00 bits per heavy atom. The second kappa shape index (κ2) is 8.37. The second-order valence-corrected chi connectivity index (χ2v) is 10.8. The van der Waals surface area contributed by atoms with E-state index in [0.717, 1.165) is 13.0 Å². The number of benzene rings is 1. The SMILES string of the molecule is CC1CCN1Cc1cc(O)c2c(c1F)C[C@H]1C[C@H]3[C@H](N(C)C)C(O)=C(C(N)=O)C(=N)[C@@]3(O)C(O)=C1C2=O. The number of likely N-dealkylation sites (tertiary alicyclic amines) is 1. The first-order valence-electron chi connectivity index (χ1n) is 12.3. The Balaban J connectivity index is 1.65. The lowest BCUT2D eigenvalue weighted by Crippen LogP contribution is -2.63. The number of nitrogens with one attached hydrogen (secondary N) is 1. The summed E-state index contributed by atoms with van der Waals surface area (Å²) in [4.78, 5) is 29.3. The van der Waals surface area contributed by atoms with Gasteiger partial charge in [0.15, 0.2) is 11.4 Å². The van der Waals surface area contributed by atoms with Crippen LogP contribution in [-0.4, -0.2) is 86.0 Å². The number of Topliss-reactive ketones (excluding diaryl/α,β-unsaturated/α-hetero) is 1. The van der Waals surface area contributed by atoms with Crippen LogP contribution in [0.2, 0.25) is 0 Å². The fraction of sp³-hybridized carbons (Fsp3) is 0.500. The number of aliphatic hydroxyl groups excluding tert-OH is 2. The molecule has 1 aromatic carbocycles. The summed E-state index contributed by atoms with van der Waals surface area (Å²) in [6.07, 6.45) is 0.962. The van der Waals surface area contributed by atoms with Crippen molar-refractivity contribution in [3.8, 4) is 5.75 Å². The summed E-state index contributed by atoms with van der Waals surface area (Å²) >= 11 is 0. The fourth-order valence-electron chi connectivity index (χ4n) is 6.54. The molecule has 0 radical (unpaired) electrons. The van der Waals surface area contributed by atoms with E-state index in [1.54, 1.807) is 14.1 Å². The molecule has 7 N–H and O–H groups in total. The standard InChI is InChI=1S/C26H31FN4O6/c1-10-4-5-31(10)9-12-8-15(32)17-13(19(12)27)6-11-7-14-20(30(2)3)22(34)18(25(29)36)23(28)26(14,37)24(35)16(11)21(17)33/h8,10-11,14,20,28,32,34-35,37H,4-7,9H2,1-3H3,(H2,29,36)/t10?,11-,14-,20-,26+/m0/s1. The molecule has 3 aliphatic carbocycles. The molecule has 37 heavy (non-hydrogen) atoms. The number of allylic oxidation sites excluding steroid dienone is 1. The van der Waals surface area contributed by atoms with Crippen LogP contribution in [0.15, 0.2) is 28.7 Å². The van der Waals surface area contributed by atoms with E-state index >= 15 is 4.39 Å². The highest BCUT2D eigenvalue weighted by atomic mass is 19.1. The van der Waals surface area contributed by atoms with Crippen molar-refractivity contribution in [3.63, 3.8) is 0 Å². The molecular weight excluding hydrogens is 483 g/mol. The van der Waals surface area contributed by atoms with E-state index in [1.807, 2.05) is 6.92 Å². The van der Waals surface area contributed by atoms with E-state index in [1.165, 1.54) is 11.0 Å². The number of fused-ring (bicyclic) bond motifs is 3. The van der Waals surface area contributed by atoms with Gasteiger partial charge in [0.1, 0.15) is 28.7 Å². The normalized spacial score (nSPS) is 31.7. The molecule has 10 nitrogen and oxygen atoms in total. The highest BCUT2D eigenvalue weighted by Gasteiger charge is 2.61. The molecule has 1 aliphatic heterocycles. The zero-order chi connectivity index (χ0) is 27.1. The van der Waals surface area contributed by atoms with Gasteiger partial charge in [0, 0.05) is 41.7 Å². The molecule has 1 aromatic rings. The minimum atomic E-state index is -2.49. The van der Waals surface area contributed by atoms with Gasteiger partial charge in [-0.1, -0.05) is 0 Å². The van der Waals surface area contributed by atoms with Crippen LogP contribution in [-0.2, 0) is 17.8 Å². The first-order chi connectivity index (χ1) is 17.3. The number of carbonyl (C=O) groups excluding carboxylic acids is 2. The molecule has 0 spiro atoms. The minimum absolute atomic E-state index is 0.00398. The molecule has 5 rings (SSSR count). The van der Waals surface area contributed by atoms with Crippen molar-refractivity contribution < 1.29 is 34.4 Å². The molecular formula is C26H31FN4O6. The molecule has 0 bridgehead atoms. The van der Waals surface area contributed by atoms with Gasteiger partial charge < -0.3 is 31.6 Å². The molecule has 1 amide bonds. The van der Waals surface area contributed by atoms with Gasteiger partial charge in [-0.25, -0.2) is 4.39 Å². The number of likely N-dealkylation sites (N-methyl/N-ethyl adjacent to an activating group) is 1. The van der Waals surface area contributed by atoms with E-state index in [2.05, 4.69) is 4.90 Å². The fourth-order valence-corrected chi connectivity index (χ4v) is 6.54. The van der Waals surface area contributed by atoms with E-state index in [-0.39, 0.29) is 47.7 Å². The summed E-state index contributed by atoms with van der Waals surface area (Å²) in [5.74, 6) is -6.15. The number of carbonyl (C=O) groups is 2. The molecule has 198 valence electrons. The maximum absolute atomic E-state index is 15.7. The smallest absolute Gasteiger partial charge is 0.254 e. The highest BCUT2D eigenvalue weighted by Crippen LogP contribution is 2.52. The predicted octanol–water partition coefficient (Wildman–Crippen LogP) is 1.30. The Morgan fingerprint density at radius 1 is 1.32 bits per heavy atom. The van der Waals surface area contributed by atoms with Crippen LogP contribution < -0.4 is 5.73 Å². The average Bonchev–Trinajstić information content (AvgIpc) is 2.81. The summed E-state index contributed by atoms with van der Waals surface area (Å²) in [6.45, 7) is 3.13. The molecule has 0 aromatic heterocycles. The number of primary amides is 1. The van der Waals surface area contributed by atoms with Crippen molar-refractivity contribution in [3.05, 3.63) is 51.2 Å². The van der Waals surface area contributed by atoms with Crippen molar-refractivity contribution in [2.24, 2.45) is 17.6 Å². The number of phenols is 1. The Kier molecular flexibility index (Phi) is 5.74. The van der Waals surface area contributed by atoms with Crippen LogP contribution in [0.25, 0.3) is 0 Å². The summed E-state index contributed by atoms with van der Waals surface area (Å²) < 4.78 is 15.7. The van der Waals surface area contributed by atoms with Gasteiger partial charge in [-0.2, -0.15) is 0 Å². The van der Waals surface area contributed by atoms with Crippen LogP contribution in [0.3, 0.4) is 0 Å². The lowest BCUT2D eigenvalue weighted by Gasteiger charge is -2.51. The second-order valence-electron chi connectivity index (χ2n) is 10.8. The van der Waals surface area contributed by atoms with Crippen molar-refractivity contribution >= 4 is 17.4 Å². The molecule has 1 saturated heterocycles. The number of hydrogen-bond donors (Lipinski definition) is 6. The first kappa shape index (κ1) is 25.4.